The highest BCUT2D eigenvalue weighted by molar-refractivity contribution is 6.30. The van der Waals surface area contributed by atoms with Crippen molar-refractivity contribution in [3.8, 4) is 5.75 Å². The van der Waals surface area contributed by atoms with Crippen LogP contribution in [0.15, 0.2) is 28.7 Å². The Morgan fingerprint density at radius 1 is 1.50 bits per heavy atom. The van der Waals surface area contributed by atoms with Gasteiger partial charge in [-0.25, -0.2) is 10.2 Å². The summed E-state index contributed by atoms with van der Waals surface area (Å²) in [5.74, 6) is 4.87. The second-order valence-electron chi connectivity index (χ2n) is 4.03. The third kappa shape index (κ3) is 3.09. The maximum atomic E-state index is 13.2. The standard InChI is InChI=1S/C13H12ClFN2O3/c1-7-8(4-12(20-7)13(18)17-16)6-19-9-2-3-10(14)11(15)5-9/h2-5H,6,16H2,1H3,(H,17,18). The van der Waals surface area contributed by atoms with Gasteiger partial charge in [0.05, 0.1) is 5.02 Å². The van der Waals surface area contributed by atoms with Crippen LogP contribution in [-0.2, 0) is 6.61 Å². The Morgan fingerprint density at radius 3 is 2.90 bits per heavy atom. The van der Waals surface area contributed by atoms with Crippen LogP contribution in [0, 0.1) is 12.7 Å². The zero-order valence-electron chi connectivity index (χ0n) is 10.6. The lowest BCUT2D eigenvalue weighted by atomic mass is 10.2. The minimum Gasteiger partial charge on any atom is -0.489 e. The Bertz CT molecular complexity index is 643. The van der Waals surface area contributed by atoms with Crippen LogP contribution in [0.2, 0.25) is 5.02 Å². The third-order valence-corrected chi connectivity index (χ3v) is 2.97. The Morgan fingerprint density at radius 2 is 2.25 bits per heavy atom. The van der Waals surface area contributed by atoms with Gasteiger partial charge in [0.1, 0.15) is 23.9 Å². The maximum absolute atomic E-state index is 13.2. The van der Waals surface area contributed by atoms with Crippen molar-refractivity contribution in [1.82, 2.24) is 5.43 Å². The monoisotopic (exact) mass is 298 g/mol. The summed E-state index contributed by atoms with van der Waals surface area (Å²) in [6, 6.07) is 5.66. The van der Waals surface area contributed by atoms with Crippen LogP contribution in [0.3, 0.4) is 0 Å². The van der Waals surface area contributed by atoms with Gasteiger partial charge in [0.15, 0.2) is 5.76 Å². The molecule has 0 unspecified atom stereocenters. The molecule has 3 N–H and O–H groups in total. The second kappa shape index (κ2) is 5.94. The number of hydrazine groups is 1. The van der Waals surface area contributed by atoms with Crippen molar-refractivity contribution in [2.24, 2.45) is 5.84 Å². The average molecular weight is 299 g/mol. The summed E-state index contributed by atoms with van der Waals surface area (Å²) in [6.07, 6.45) is 0. The van der Waals surface area contributed by atoms with Crippen LogP contribution in [0.1, 0.15) is 21.9 Å². The van der Waals surface area contributed by atoms with Crippen LogP contribution < -0.4 is 16.0 Å². The minimum absolute atomic E-state index is 0.0266. The van der Waals surface area contributed by atoms with Gasteiger partial charge in [-0.15, -0.1) is 0 Å². The Hall–Kier alpha value is -2.05. The summed E-state index contributed by atoms with van der Waals surface area (Å²) in [5.41, 5.74) is 2.64. The number of aryl methyl sites for hydroxylation is 1. The highest BCUT2D eigenvalue weighted by Gasteiger charge is 2.14. The largest absolute Gasteiger partial charge is 0.489 e. The lowest BCUT2D eigenvalue weighted by Gasteiger charge is -2.05. The number of ether oxygens (including phenoxy) is 1. The topological polar surface area (TPSA) is 77.5 Å². The van der Waals surface area contributed by atoms with Crippen molar-refractivity contribution < 1.29 is 18.3 Å². The van der Waals surface area contributed by atoms with Gasteiger partial charge in [-0.3, -0.25) is 10.2 Å². The molecule has 1 aromatic carbocycles. The van der Waals surface area contributed by atoms with Gasteiger partial charge >= 0.3 is 5.91 Å². The molecule has 0 spiro atoms. The van der Waals surface area contributed by atoms with Crippen LogP contribution in [0.4, 0.5) is 4.39 Å². The Labute approximate surface area is 119 Å². The van der Waals surface area contributed by atoms with E-state index >= 15 is 0 Å². The molecule has 0 bridgehead atoms. The lowest BCUT2D eigenvalue weighted by Crippen LogP contribution is -2.29. The molecule has 5 nitrogen and oxygen atoms in total. The number of rotatable bonds is 4. The van der Waals surface area contributed by atoms with Gasteiger partial charge in [-0.05, 0) is 25.1 Å². The molecule has 0 aliphatic carbocycles. The van der Waals surface area contributed by atoms with Crippen LogP contribution >= 0.6 is 11.6 Å². The molecule has 0 radical (unpaired) electrons. The minimum atomic E-state index is -0.559. The zero-order chi connectivity index (χ0) is 14.7. The van der Waals surface area contributed by atoms with E-state index in [4.69, 9.17) is 26.6 Å². The molecule has 2 rings (SSSR count). The molecule has 0 saturated heterocycles. The third-order valence-electron chi connectivity index (χ3n) is 2.66. The first-order chi connectivity index (χ1) is 9.51. The second-order valence-corrected chi connectivity index (χ2v) is 4.44. The first-order valence-corrected chi connectivity index (χ1v) is 6.07. The molecular formula is C13H12ClFN2O3. The van der Waals surface area contributed by atoms with E-state index < -0.39 is 11.7 Å². The number of nitrogens with one attached hydrogen (secondary N) is 1. The zero-order valence-corrected chi connectivity index (χ0v) is 11.3. The number of carbonyl (C=O) groups is 1. The number of carbonyl (C=O) groups excluding carboxylic acids is 1. The van der Waals surface area contributed by atoms with Crippen molar-refractivity contribution in [3.63, 3.8) is 0 Å². The van der Waals surface area contributed by atoms with Crippen LogP contribution in [-0.4, -0.2) is 5.91 Å². The molecule has 0 saturated carbocycles. The lowest BCUT2D eigenvalue weighted by molar-refractivity contribution is 0.0924. The van der Waals surface area contributed by atoms with Crippen molar-refractivity contribution >= 4 is 17.5 Å². The summed E-state index contributed by atoms with van der Waals surface area (Å²) in [6.45, 7) is 1.82. The Kier molecular flexibility index (Phi) is 4.26. The number of halogens is 2. The SMILES string of the molecule is Cc1oc(C(=O)NN)cc1COc1ccc(Cl)c(F)c1. The molecule has 0 aliphatic heterocycles. The van der Waals surface area contributed by atoms with E-state index in [1.54, 1.807) is 13.0 Å². The fourth-order valence-electron chi connectivity index (χ4n) is 1.57. The van der Waals surface area contributed by atoms with Gasteiger partial charge in [-0.1, -0.05) is 11.6 Å². The number of hydrogen-bond acceptors (Lipinski definition) is 4. The number of amides is 1. The fraction of sp³-hybridized carbons (Fsp3) is 0.154. The van der Waals surface area contributed by atoms with E-state index in [0.29, 0.717) is 17.1 Å². The fourth-order valence-corrected chi connectivity index (χ4v) is 1.69. The van der Waals surface area contributed by atoms with E-state index in [-0.39, 0.29) is 17.4 Å². The van der Waals surface area contributed by atoms with E-state index in [2.05, 4.69) is 0 Å². The molecule has 1 heterocycles. The van der Waals surface area contributed by atoms with E-state index in [0.717, 1.165) is 0 Å². The highest BCUT2D eigenvalue weighted by atomic mass is 35.5. The number of nitrogen functional groups attached to an aromatic ring is 1. The number of hydrogen-bond donors (Lipinski definition) is 2. The van der Waals surface area contributed by atoms with Crippen molar-refractivity contribution in [3.05, 3.63) is 52.2 Å². The molecule has 1 aromatic heterocycles. The smallest absolute Gasteiger partial charge is 0.300 e. The molecule has 0 fully saturated rings. The molecule has 106 valence electrons. The van der Waals surface area contributed by atoms with Crippen molar-refractivity contribution in [2.45, 2.75) is 13.5 Å². The van der Waals surface area contributed by atoms with Crippen LogP contribution in [0.5, 0.6) is 5.75 Å². The van der Waals surface area contributed by atoms with Gasteiger partial charge < -0.3 is 9.15 Å². The Balaban J connectivity index is 2.08. The molecule has 20 heavy (non-hydrogen) atoms. The predicted octanol–water partition coefficient (Wildman–Crippen LogP) is 2.56. The summed E-state index contributed by atoms with van der Waals surface area (Å²) >= 11 is 5.58. The molecule has 0 atom stereocenters. The van der Waals surface area contributed by atoms with Crippen molar-refractivity contribution in [1.29, 1.82) is 0 Å². The normalized spacial score (nSPS) is 10.4. The maximum Gasteiger partial charge on any atom is 0.300 e. The van der Waals surface area contributed by atoms with Gasteiger partial charge in [0, 0.05) is 11.6 Å². The highest BCUT2D eigenvalue weighted by Crippen LogP contribution is 2.22. The summed E-state index contributed by atoms with van der Waals surface area (Å²) < 4.78 is 23.9. The van der Waals surface area contributed by atoms with Gasteiger partial charge in [-0.2, -0.15) is 0 Å². The molecular weight excluding hydrogens is 287 g/mol. The molecule has 0 aliphatic rings. The summed E-state index contributed by atoms with van der Waals surface area (Å²) in [5, 5.41) is 0.0266. The van der Waals surface area contributed by atoms with Crippen LogP contribution in [0.25, 0.3) is 0 Å². The van der Waals surface area contributed by atoms with E-state index in [1.807, 2.05) is 5.43 Å². The molecule has 7 heteroatoms. The van der Waals surface area contributed by atoms with E-state index in [1.165, 1.54) is 18.2 Å². The first kappa shape index (κ1) is 14.4. The number of nitrogens with two attached hydrogens (primary N) is 1. The average Bonchev–Trinajstić information content (AvgIpc) is 2.80. The van der Waals surface area contributed by atoms with Gasteiger partial charge in [0.25, 0.3) is 0 Å². The van der Waals surface area contributed by atoms with E-state index in [9.17, 15) is 9.18 Å². The number of benzene rings is 1. The summed E-state index contributed by atoms with van der Waals surface area (Å²) in [7, 11) is 0. The predicted molar refractivity (Wildman–Crippen MR) is 70.8 cm³/mol. The van der Waals surface area contributed by atoms with Crippen molar-refractivity contribution in [2.75, 3.05) is 0 Å². The number of furan rings is 1. The summed E-state index contributed by atoms with van der Waals surface area (Å²) in [4.78, 5) is 11.3. The quantitative estimate of drug-likeness (QED) is 0.516. The molecule has 1 amide bonds. The van der Waals surface area contributed by atoms with Gasteiger partial charge in [0.2, 0.25) is 0 Å². The molecule has 2 aromatic rings. The first-order valence-electron chi connectivity index (χ1n) is 5.69.